The van der Waals surface area contributed by atoms with Crippen molar-refractivity contribution in [1.82, 2.24) is 4.98 Å². The summed E-state index contributed by atoms with van der Waals surface area (Å²) < 4.78 is 16.8. The lowest BCUT2D eigenvalue weighted by atomic mass is 10.0. The van der Waals surface area contributed by atoms with E-state index in [1.54, 1.807) is 7.11 Å². The lowest BCUT2D eigenvalue weighted by Crippen LogP contribution is -2.29. The Balaban J connectivity index is 1.98. The Bertz CT molecular complexity index is 789. The SMILES string of the molecule is CCCCc1ccc(COCc2cc(CC(OC(C)C)C(=O)O)ccc2OC)nc1. The van der Waals surface area contributed by atoms with Crippen LogP contribution in [-0.2, 0) is 40.3 Å². The number of aryl methyl sites for hydroxylation is 1. The molecular formula is C24H33NO5. The summed E-state index contributed by atoms with van der Waals surface area (Å²) in [5, 5.41) is 9.41. The molecule has 0 bridgehead atoms. The molecule has 0 saturated carbocycles. The summed E-state index contributed by atoms with van der Waals surface area (Å²) in [5.41, 5.74) is 3.84. The van der Waals surface area contributed by atoms with Crippen LogP contribution in [0.25, 0.3) is 0 Å². The van der Waals surface area contributed by atoms with Crippen molar-refractivity contribution in [2.75, 3.05) is 7.11 Å². The number of nitrogens with zero attached hydrogens (tertiary/aromatic N) is 1. The molecular weight excluding hydrogens is 382 g/mol. The Labute approximate surface area is 179 Å². The maximum absolute atomic E-state index is 11.5. The fourth-order valence-electron chi connectivity index (χ4n) is 3.14. The second-order valence-electron chi connectivity index (χ2n) is 7.62. The lowest BCUT2D eigenvalue weighted by Gasteiger charge is -2.17. The molecule has 1 N–H and O–H groups in total. The highest BCUT2D eigenvalue weighted by atomic mass is 16.5. The number of carbonyl (C=O) groups is 1. The molecule has 30 heavy (non-hydrogen) atoms. The van der Waals surface area contributed by atoms with Gasteiger partial charge in [-0.1, -0.05) is 25.5 Å². The predicted molar refractivity (Wildman–Crippen MR) is 116 cm³/mol. The molecule has 0 radical (unpaired) electrons. The number of aromatic nitrogens is 1. The van der Waals surface area contributed by atoms with Gasteiger partial charge < -0.3 is 19.3 Å². The number of benzene rings is 1. The van der Waals surface area contributed by atoms with Crippen LogP contribution in [0.1, 0.15) is 56.0 Å². The summed E-state index contributed by atoms with van der Waals surface area (Å²) in [7, 11) is 1.61. The smallest absolute Gasteiger partial charge is 0.333 e. The maximum Gasteiger partial charge on any atom is 0.333 e. The number of carboxylic acids is 1. The van der Waals surface area contributed by atoms with Gasteiger partial charge in [-0.05, 0) is 56.0 Å². The van der Waals surface area contributed by atoms with Crippen LogP contribution in [0, 0.1) is 0 Å². The van der Waals surface area contributed by atoms with E-state index in [2.05, 4.69) is 18.0 Å². The van der Waals surface area contributed by atoms with E-state index < -0.39 is 12.1 Å². The minimum Gasteiger partial charge on any atom is -0.496 e. The predicted octanol–water partition coefficient (Wildman–Crippen LogP) is 4.57. The van der Waals surface area contributed by atoms with Crippen molar-refractivity contribution in [1.29, 1.82) is 0 Å². The molecule has 0 fully saturated rings. The first kappa shape index (κ1) is 23.8. The number of unbranched alkanes of at least 4 members (excludes halogenated alkanes) is 1. The zero-order valence-corrected chi connectivity index (χ0v) is 18.4. The minimum absolute atomic E-state index is 0.159. The normalized spacial score (nSPS) is 12.2. The number of carboxylic acid groups (broad SMARTS) is 1. The maximum atomic E-state index is 11.5. The van der Waals surface area contributed by atoms with E-state index in [1.807, 2.05) is 44.3 Å². The average Bonchev–Trinajstić information content (AvgIpc) is 2.72. The summed E-state index contributed by atoms with van der Waals surface area (Å²) in [6.07, 6.45) is 4.53. The first-order valence-corrected chi connectivity index (χ1v) is 10.5. The summed E-state index contributed by atoms with van der Waals surface area (Å²) in [5.74, 6) is -0.260. The number of rotatable bonds is 13. The quantitative estimate of drug-likeness (QED) is 0.516. The van der Waals surface area contributed by atoms with Crippen LogP contribution in [0.15, 0.2) is 36.5 Å². The van der Waals surface area contributed by atoms with Crippen molar-refractivity contribution in [2.45, 2.75) is 71.9 Å². The molecule has 2 rings (SSSR count). The lowest BCUT2D eigenvalue weighted by molar-refractivity contribution is -0.153. The highest BCUT2D eigenvalue weighted by molar-refractivity contribution is 5.72. The van der Waals surface area contributed by atoms with Crippen LogP contribution in [0.2, 0.25) is 0 Å². The Kier molecular flexibility index (Phi) is 9.77. The largest absolute Gasteiger partial charge is 0.496 e. The highest BCUT2D eigenvalue weighted by Crippen LogP contribution is 2.23. The summed E-state index contributed by atoms with van der Waals surface area (Å²) in [6, 6.07) is 9.71. The fourth-order valence-corrected chi connectivity index (χ4v) is 3.14. The number of hydrogen-bond donors (Lipinski definition) is 1. The van der Waals surface area contributed by atoms with Gasteiger partial charge in [-0.2, -0.15) is 0 Å². The van der Waals surface area contributed by atoms with E-state index >= 15 is 0 Å². The molecule has 1 unspecified atom stereocenters. The van der Waals surface area contributed by atoms with E-state index in [1.165, 1.54) is 18.4 Å². The number of methoxy groups -OCH3 is 1. The molecule has 0 spiro atoms. The van der Waals surface area contributed by atoms with E-state index in [-0.39, 0.29) is 12.5 Å². The van der Waals surface area contributed by atoms with Crippen LogP contribution in [0.5, 0.6) is 5.75 Å². The monoisotopic (exact) mass is 415 g/mol. The standard InChI is InChI=1S/C24H33NO5/c1-5-6-7-18-8-10-21(25-14-18)16-29-15-20-12-19(9-11-22(20)28-4)13-23(24(26)27)30-17(2)3/h8-12,14,17,23H,5-7,13,15-16H2,1-4H3,(H,26,27). The summed E-state index contributed by atoms with van der Waals surface area (Å²) in [4.78, 5) is 15.9. The molecule has 0 amide bonds. The van der Waals surface area contributed by atoms with Crippen LogP contribution in [0.3, 0.4) is 0 Å². The van der Waals surface area contributed by atoms with Crippen molar-refractivity contribution in [2.24, 2.45) is 0 Å². The zero-order chi connectivity index (χ0) is 21.9. The molecule has 2 aromatic rings. The molecule has 6 nitrogen and oxygen atoms in total. The van der Waals surface area contributed by atoms with Gasteiger partial charge in [0.05, 0.1) is 32.1 Å². The molecule has 1 aromatic heterocycles. The van der Waals surface area contributed by atoms with Gasteiger partial charge in [-0.3, -0.25) is 4.98 Å². The van der Waals surface area contributed by atoms with E-state index in [9.17, 15) is 9.90 Å². The van der Waals surface area contributed by atoms with Crippen molar-refractivity contribution in [3.05, 3.63) is 58.9 Å². The second-order valence-corrected chi connectivity index (χ2v) is 7.62. The molecule has 0 aliphatic carbocycles. The van der Waals surface area contributed by atoms with Crippen molar-refractivity contribution < 1.29 is 24.1 Å². The molecule has 1 atom stereocenters. The average molecular weight is 416 g/mol. The van der Waals surface area contributed by atoms with Crippen LogP contribution >= 0.6 is 0 Å². The third kappa shape index (κ3) is 7.76. The van der Waals surface area contributed by atoms with Crippen LogP contribution in [0.4, 0.5) is 0 Å². The Morgan fingerprint density at radius 1 is 1.13 bits per heavy atom. The second kappa shape index (κ2) is 12.3. The van der Waals surface area contributed by atoms with E-state index in [0.29, 0.717) is 19.0 Å². The van der Waals surface area contributed by atoms with Crippen LogP contribution in [-0.4, -0.2) is 35.4 Å². The molecule has 0 aliphatic rings. The molecule has 1 aromatic carbocycles. The Hall–Kier alpha value is -2.44. The third-order valence-electron chi connectivity index (χ3n) is 4.69. The number of pyridine rings is 1. The van der Waals surface area contributed by atoms with Crippen molar-refractivity contribution in [3.8, 4) is 5.75 Å². The number of aliphatic carboxylic acids is 1. The van der Waals surface area contributed by atoms with E-state index in [0.717, 1.165) is 23.2 Å². The molecule has 6 heteroatoms. The molecule has 0 aliphatic heterocycles. The third-order valence-corrected chi connectivity index (χ3v) is 4.69. The minimum atomic E-state index is -0.967. The molecule has 0 saturated heterocycles. The fraction of sp³-hybridized carbons (Fsp3) is 0.500. The highest BCUT2D eigenvalue weighted by Gasteiger charge is 2.20. The van der Waals surface area contributed by atoms with Gasteiger partial charge in [0.15, 0.2) is 6.10 Å². The van der Waals surface area contributed by atoms with Gasteiger partial charge in [0.25, 0.3) is 0 Å². The number of hydrogen-bond acceptors (Lipinski definition) is 5. The van der Waals surface area contributed by atoms with Crippen molar-refractivity contribution >= 4 is 5.97 Å². The zero-order valence-electron chi connectivity index (χ0n) is 18.4. The van der Waals surface area contributed by atoms with E-state index in [4.69, 9.17) is 14.2 Å². The van der Waals surface area contributed by atoms with Gasteiger partial charge >= 0.3 is 5.97 Å². The van der Waals surface area contributed by atoms with Gasteiger partial charge in [-0.25, -0.2) is 4.79 Å². The first-order chi connectivity index (χ1) is 14.4. The summed E-state index contributed by atoms with van der Waals surface area (Å²) >= 11 is 0. The Morgan fingerprint density at radius 2 is 1.90 bits per heavy atom. The molecule has 164 valence electrons. The Morgan fingerprint density at radius 3 is 2.50 bits per heavy atom. The first-order valence-electron chi connectivity index (χ1n) is 10.5. The topological polar surface area (TPSA) is 77.9 Å². The van der Waals surface area contributed by atoms with Gasteiger partial charge in [-0.15, -0.1) is 0 Å². The van der Waals surface area contributed by atoms with Gasteiger partial charge in [0, 0.05) is 18.2 Å². The van der Waals surface area contributed by atoms with Gasteiger partial charge in [0.1, 0.15) is 5.75 Å². The van der Waals surface area contributed by atoms with Crippen molar-refractivity contribution in [3.63, 3.8) is 0 Å². The molecule has 1 heterocycles. The summed E-state index contributed by atoms with van der Waals surface area (Å²) in [6.45, 7) is 6.58. The number of ether oxygens (including phenoxy) is 3. The van der Waals surface area contributed by atoms with Crippen LogP contribution < -0.4 is 4.74 Å². The van der Waals surface area contributed by atoms with Gasteiger partial charge in [0.2, 0.25) is 0 Å².